The second kappa shape index (κ2) is 5.43. The molecule has 0 fully saturated rings. The zero-order valence-electron chi connectivity index (χ0n) is 9.68. The van der Waals surface area contributed by atoms with Crippen molar-refractivity contribution in [3.8, 4) is 0 Å². The topological polar surface area (TPSA) is 41.1 Å². The van der Waals surface area contributed by atoms with Crippen LogP contribution in [0.25, 0.3) is 0 Å². The Morgan fingerprint density at radius 3 is 2.59 bits per heavy atom. The summed E-state index contributed by atoms with van der Waals surface area (Å²) in [6.45, 7) is 6.95. The van der Waals surface area contributed by atoms with Crippen LogP contribution in [0.2, 0.25) is 0 Å². The highest BCUT2D eigenvalue weighted by atomic mass is 19.2. The van der Waals surface area contributed by atoms with Gasteiger partial charge in [-0.3, -0.25) is 4.79 Å². The van der Waals surface area contributed by atoms with Crippen LogP contribution in [-0.4, -0.2) is 11.9 Å². The van der Waals surface area contributed by atoms with Gasteiger partial charge in [0.15, 0.2) is 11.6 Å². The van der Waals surface area contributed by atoms with E-state index in [1.807, 2.05) is 13.8 Å². The second-order valence-corrected chi connectivity index (χ2v) is 3.78. The third-order valence-corrected chi connectivity index (χ3v) is 1.97. The molecule has 1 amide bonds. The minimum absolute atomic E-state index is 0.0271. The first-order valence-electron chi connectivity index (χ1n) is 5.13. The summed E-state index contributed by atoms with van der Waals surface area (Å²) in [4.78, 5) is 11.1. The summed E-state index contributed by atoms with van der Waals surface area (Å²) in [6, 6.07) is 2.40. The van der Waals surface area contributed by atoms with Crippen LogP contribution in [0.4, 0.5) is 20.2 Å². The van der Waals surface area contributed by atoms with Crippen LogP contribution in [0.5, 0.6) is 0 Å². The van der Waals surface area contributed by atoms with Crippen LogP contribution in [0, 0.1) is 11.6 Å². The molecule has 0 spiro atoms. The predicted octanol–water partition coefficient (Wildman–Crippen LogP) is 2.91. The van der Waals surface area contributed by atoms with Gasteiger partial charge in [-0.1, -0.05) is 6.58 Å². The summed E-state index contributed by atoms with van der Waals surface area (Å²) in [7, 11) is 0. The number of halogens is 2. The molecule has 0 bridgehead atoms. The summed E-state index contributed by atoms with van der Waals surface area (Å²) in [5.74, 6) is -2.70. The highest BCUT2D eigenvalue weighted by Gasteiger charge is 2.15. The molecule has 1 aromatic carbocycles. The monoisotopic (exact) mass is 240 g/mol. The van der Waals surface area contributed by atoms with Gasteiger partial charge in [-0.15, -0.1) is 0 Å². The van der Waals surface area contributed by atoms with Crippen molar-refractivity contribution in [2.45, 2.75) is 19.9 Å². The number of carbonyl (C=O) groups is 1. The first kappa shape index (κ1) is 13.2. The molecule has 0 heterocycles. The third kappa shape index (κ3) is 3.27. The van der Waals surface area contributed by atoms with Gasteiger partial charge in [-0.05, 0) is 32.1 Å². The molecule has 0 aliphatic carbocycles. The van der Waals surface area contributed by atoms with E-state index in [4.69, 9.17) is 0 Å². The predicted molar refractivity (Wildman–Crippen MR) is 63.9 cm³/mol. The van der Waals surface area contributed by atoms with Crippen molar-refractivity contribution in [3.63, 3.8) is 0 Å². The highest BCUT2D eigenvalue weighted by molar-refractivity contribution is 6.01. The standard InChI is InChI=1S/C12H14F2N2O/c1-4-10(17)16-12-9(15-7(2)3)6-5-8(13)11(12)14/h4-7,15H,1H2,2-3H3,(H,16,17). The summed E-state index contributed by atoms with van der Waals surface area (Å²) in [5.41, 5.74) is 0.123. The van der Waals surface area contributed by atoms with Crippen molar-refractivity contribution < 1.29 is 13.6 Å². The summed E-state index contributed by atoms with van der Waals surface area (Å²) in [5, 5.41) is 5.16. The molecule has 1 aromatic rings. The Balaban J connectivity index is 3.16. The number of amides is 1. The minimum Gasteiger partial charge on any atom is -0.381 e. The summed E-state index contributed by atoms with van der Waals surface area (Å²) in [6.07, 6.45) is 0.990. The third-order valence-electron chi connectivity index (χ3n) is 1.97. The number of anilines is 2. The Morgan fingerprint density at radius 1 is 1.41 bits per heavy atom. The van der Waals surface area contributed by atoms with Crippen LogP contribution in [0.3, 0.4) is 0 Å². The molecule has 0 aromatic heterocycles. The van der Waals surface area contributed by atoms with Crippen molar-refractivity contribution >= 4 is 17.3 Å². The Labute approximate surface area is 98.5 Å². The van der Waals surface area contributed by atoms with E-state index in [1.54, 1.807) is 0 Å². The molecular weight excluding hydrogens is 226 g/mol. The molecule has 3 nitrogen and oxygen atoms in total. The Hall–Kier alpha value is -1.91. The van der Waals surface area contributed by atoms with Crippen LogP contribution in [0.1, 0.15) is 13.8 Å². The van der Waals surface area contributed by atoms with Gasteiger partial charge in [0.05, 0.1) is 5.69 Å². The van der Waals surface area contributed by atoms with Gasteiger partial charge in [0.2, 0.25) is 5.91 Å². The number of nitrogens with one attached hydrogen (secondary N) is 2. The fourth-order valence-corrected chi connectivity index (χ4v) is 1.28. The van der Waals surface area contributed by atoms with Crippen molar-refractivity contribution in [1.82, 2.24) is 0 Å². The van der Waals surface area contributed by atoms with E-state index >= 15 is 0 Å². The lowest BCUT2D eigenvalue weighted by molar-refractivity contribution is -0.111. The van der Waals surface area contributed by atoms with Gasteiger partial charge in [0, 0.05) is 6.04 Å². The molecule has 0 radical (unpaired) electrons. The van der Waals surface area contributed by atoms with Gasteiger partial charge in [-0.2, -0.15) is 0 Å². The maximum Gasteiger partial charge on any atom is 0.247 e. The molecule has 92 valence electrons. The fourth-order valence-electron chi connectivity index (χ4n) is 1.28. The lowest BCUT2D eigenvalue weighted by atomic mass is 10.2. The van der Waals surface area contributed by atoms with Crippen molar-refractivity contribution in [1.29, 1.82) is 0 Å². The first-order valence-corrected chi connectivity index (χ1v) is 5.13. The molecule has 0 aliphatic heterocycles. The largest absolute Gasteiger partial charge is 0.381 e. The van der Waals surface area contributed by atoms with Gasteiger partial charge < -0.3 is 10.6 Å². The van der Waals surface area contributed by atoms with Gasteiger partial charge in [0.25, 0.3) is 0 Å². The van der Waals surface area contributed by atoms with Crippen molar-refractivity contribution in [2.75, 3.05) is 10.6 Å². The lowest BCUT2D eigenvalue weighted by Crippen LogP contribution is -2.16. The quantitative estimate of drug-likeness (QED) is 0.794. The smallest absolute Gasteiger partial charge is 0.247 e. The van der Waals surface area contributed by atoms with E-state index in [0.717, 1.165) is 12.1 Å². The zero-order chi connectivity index (χ0) is 13.0. The molecule has 5 heteroatoms. The van der Waals surface area contributed by atoms with E-state index in [2.05, 4.69) is 17.2 Å². The fraction of sp³-hybridized carbons (Fsp3) is 0.250. The van der Waals surface area contributed by atoms with Crippen LogP contribution in [-0.2, 0) is 4.79 Å². The molecule has 0 aliphatic rings. The maximum absolute atomic E-state index is 13.5. The summed E-state index contributed by atoms with van der Waals surface area (Å²) < 4.78 is 26.6. The van der Waals surface area contributed by atoms with Crippen LogP contribution in [0.15, 0.2) is 24.8 Å². The maximum atomic E-state index is 13.5. The number of benzene rings is 1. The van der Waals surface area contributed by atoms with E-state index in [9.17, 15) is 13.6 Å². The second-order valence-electron chi connectivity index (χ2n) is 3.78. The first-order chi connectivity index (χ1) is 7.95. The Bertz CT molecular complexity index is 444. The van der Waals surface area contributed by atoms with Crippen molar-refractivity contribution in [2.24, 2.45) is 0 Å². The molecule has 0 unspecified atom stereocenters. The van der Waals surface area contributed by atoms with E-state index in [0.29, 0.717) is 5.69 Å². The lowest BCUT2D eigenvalue weighted by Gasteiger charge is -2.15. The molecule has 0 saturated heterocycles. The van der Waals surface area contributed by atoms with E-state index in [-0.39, 0.29) is 11.7 Å². The molecular formula is C12H14F2N2O. The van der Waals surface area contributed by atoms with Crippen LogP contribution >= 0.6 is 0 Å². The summed E-state index contributed by atoms with van der Waals surface area (Å²) >= 11 is 0. The molecule has 0 atom stereocenters. The average Bonchev–Trinajstić information content (AvgIpc) is 2.27. The minimum atomic E-state index is -1.09. The normalized spacial score (nSPS) is 10.2. The number of hydrogen-bond acceptors (Lipinski definition) is 2. The Kier molecular flexibility index (Phi) is 4.20. The number of rotatable bonds is 4. The van der Waals surface area contributed by atoms with Gasteiger partial charge in [0.1, 0.15) is 5.69 Å². The molecule has 1 rings (SSSR count). The van der Waals surface area contributed by atoms with Crippen molar-refractivity contribution in [3.05, 3.63) is 36.4 Å². The molecule has 2 N–H and O–H groups in total. The van der Waals surface area contributed by atoms with Crippen LogP contribution < -0.4 is 10.6 Å². The van der Waals surface area contributed by atoms with Gasteiger partial charge >= 0.3 is 0 Å². The molecule has 0 saturated carbocycles. The highest BCUT2D eigenvalue weighted by Crippen LogP contribution is 2.27. The zero-order valence-corrected chi connectivity index (χ0v) is 9.68. The number of carbonyl (C=O) groups excluding carboxylic acids is 1. The van der Waals surface area contributed by atoms with E-state index in [1.165, 1.54) is 6.07 Å². The average molecular weight is 240 g/mol. The number of hydrogen-bond donors (Lipinski definition) is 2. The van der Waals surface area contributed by atoms with Gasteiger partial charge in [-0.25, -0.2) is 8.78 Å². The SMILES string of the molecule is C=CC(=O)Nc1c(NC(C)C)ccc(F)c1F. The van der Waals surface area contributed by atoms with E-state index < -0.39 is 17.5 Å². The Morgan fingerprint density at radius 2 is 2.06 bits per heavy atom. The molecule has 17 heavy (non-hydrogen) atoms.